The summed E-state index contributed by atoms with van der Waals surface area (Å²) in [4.78, 5) is 14.4. The van der Waals surface area contributed by atoms with Crippen LogP contribution in [-0.2, 0) is 0 Å². The van der Waals surface area contributed by atoms with Gasteiger partial charge < -0.3 is 15.0 Å². The second kappa shape index (κ2) is 5.87. The van der Waals surface area contributed by atoms with E-state index < -0.39 is 0 Å². The lowest BCUT2D eigenvalue weighted by atomic mass is 10.1. The molecule has 1 amide bonds. The molecule has 0 aromatic heterocycles. The van der Waals surface area contributed by atoms with E-state index >= 15 is 0 Å². The van der Waals surface area contributed by atoms with Gasteiger partial charge >= 0.3 is 0 Å². The molecule has 0 aliphatic carbocycles. The molecule has 1 fully saturated rings. The Bertz CT molecular complexity index is 414. The molecule has 1 aliphatic rings. The topological polar surface area (TPSA) is 41.6 Å². The highest BCUT2D eigenvalue weighted by Gasteiger charge is 2.25. The summed E-state index contributed by atoms with van der Waals surface area (Å²) in [5.74, 6) is 0.812. The van der Waals surface area contributed by atoms with Gasteiger partial charge in [-0.25, -0.2) is 0 Å². The molecular formula is C14H20N2O2. The predicted octanol–water partition coefficient (Wildman–Crippen LogP) is 1.52. The first-order valence-corrected chi connectivity index (χ1v) is 6.42. The Morgan fingerprint density at radius 1 is 1.56 bits per heavy atom. The van der Waals surface area contributed by atoms with Crippen LogP contribution < -0.4 is 10.1 Å². The monoisotopic (exact) mass is 248 g/mol. The Kier molecular flexibility index (Phi) is 4.20. The molecule has 2 rings (SSSR count). The van der Waals surface area contributed by atoms with Crippen LogP contribution in [0.1, 0.15) is 23.7 Å². The number of methoxy groups -OCH3 is 1. The van der Waals surface area contributed by atoms with Gasteiger partial charge in [-0.05, 0) is 38.1 Å². The summed E-state index contributed by atoms with van der Waals surface area (Å²) < 4.78 is 5.16. The maximum Gasteiger partial charge on any atom is 0.254 e. The van der Waals surface area contributed by atoms with Crippen LogP contribution in [0.25, 0.3) is 0 Å². The second-order valence-electron chi connectivity index (χ2n) is 4.47. The molecule has 1 aromatic rings. The van der Waals surface area contributed by atoms with Crippen LogP contribution in [0.15, 0.2) is 24.3 Å². The summed E-state index contributed by atoms with van der Waals surface area (Å²) >= 11 is 0. The molecule has 0 bridgehead atoms. The predicted molar refractivity (Wildman–Crippen MR) is 71.0 cm³/mol. The van der Waals surface area contributed by atoms with Gasteiger partial charge in [0.15, 0.2) is 0 Å². The van der Waals surface area contributed by atoms with Crippen molar-refractivity contribution >= 4 is 5.91 Å². The molecule has 0 saturated carbocycles. The van der Waals surface area contributed by atoms with Crippen molar-refractivity contribution in [3.8, 4) is 5.75 Å². The van der Waals surface area contributed by atoms with E-state index in [1.807, 2.05) is 30.0 Å². The Labute approximate surface area is 108 Å². The highest BCUT2D eigenvalue weighted by atomic mass is 16.5. The molecule has 1 aromatic carbocycles. The van der Waals surface area contributed by atoms with E-state index in [0.29, 0.717) is 11.6 Å². The fourth-order valence-corrected chi connectivity index (χ4v) is 2.39. The third-order valence-electron chi connectivity index (χ3n) is 3.39. The molecule has 4 heteroatoms. The number of hydrogen-bond donors (Lipinski definition) is 1. The first-order chi connectivity index (χ1) is 8.76. The number of likely N-dealkylation sites (N-methyl/N-ethyl adjacent to an activating group) is 1. The third-order valence-corrected chi connectivity index (χ3v) is 3.39. The van der Waals surface area contributed by atoms with Gasteiger partial charge in [0.2, 0.25) is 0 Å². The molecular weight excluding hydrogens is 228 g/mol. The fraction of sp³-hybridized carbons (Fsp3) is 0.500. The minimum atomic E-state index is 0.0881. The summed E-state index contributed by atoms with van der Waals surface area (Å²) in [7, 11) is 1.61. The van der Waals surface area contributed by atoms with Crippen molar-refractivity contribution < 1.29 is 9.53 Å². The molecule has 1 unspecified atom stereocenters. The molecule has 1 heterocycles. The quantitative estimate of drug-likeness (QED) is 0.878. The zero-order valence-electron chi connectivity index (χ0n) is 11.0. The van der Waals surface area contributed by atoms with Gasteiger partial charge in [-0.15, -0.1) is 0 Å². The first-order valence-electron chi connectivity index (χ1n) is 6.42. The zero-order valence-corrected chi connectivity index (χ0v) is 11.0. The van der Waals surface area contributed by atoms with Crippen LogP contribution in [0.3, 0.4) is 0 Å². The lowest BCUT2D eigenvalue weighted by Crippen LogP contribution is -2.41. The van der Waals surface area contributed by atoms with Crippen LogP contribution in [0, 0.1) is 0 Å². The summed E-state index contributed by atoms with van der Waals surface area (Å²) in [6.45, 7) is 4.65. The second-order valence-corrected chi connectivity index (χ2v) is 4.47. The maximum atomic E-state index is 12.5. The van der Waals surface area contributed by atoms with E-state index in [0.717, 1.165) is 31.8 Å². The van der Waals surface area contributed by atoms with Gasteiger partial charge in [0.1, 0.15) is 5.75 Å². The molecule has 0 spiro atoms. The van der Waals surface area contributed by atoms with E-state index in [2.05, 4.69) is 5.32 Å². The highest BCUT2D eigenvalue weighted by molar-refractivity contribution is 5.94. The lowest BCUT2D eigenvalue weighted by molar-refractivity contribution is 0.0703. The number of carbonyl (C=O) groups is 1. The van der Waals surface area contributed by atoms with Crippen LogP contribution in [0.5, 0.6) is 5.75 Å². The molecule has 98 valence electrons. The minimum Gasteiger partial charge on any atom is -0.497 e. The van der Waals surface area contributed by atoms with Gasteiger partial charge in [0.05, 0.1) is 7.11 Å². The van der Waals surface area contributed by atoms with Gasteiger partial charge in [0, 0.05) is 24.7 Å². The van der Waals surface area contributed by atoms with Gasteiger partial charge in [-0.3, -0.25) is 4.79 Å². The molecule has 18 heavy (non-hydrogen) atoms. The number of nitrogens with zero attached hydrogens (tertiary/aromatic N) is 1. The highest BCUT2D eigenvalue weighted by Crippen LogP contribution is 2.17. The molecule has 1 atom stereocenters. The first kappa shape index (κ1) is 12.9. The van der Waals surface area contributed by atoms with Crippen LogP contribution in [0.2, 0.25) is 0 Å². The lowest BCUT2D eigenvalue weighted by Gasteiger charge is -2.27. The Hall–Kier alpha value is -1.55. The van der Waals surface area contributed by atoms with Crippen molar-refractivity contribution in [3.63, 3.8) is 0 Å². The number of rotatable bonds is 4. The number of ether oxygens (including phenoxy) is 1. The molecule has 4 nitrogen and oxygen atoms in total. The van der Waals surface area contributed by atoms with Crippen molar-refractivity contribution in [3.05, 3.63) is 29.8 Å². The molecule has 1 N–H and O–H groups in total. The number of hydrogen-bond acceptors (Lipinski definition) is 3. The smallest absolute Gasteiger partial charge is 0.254 e. The van der Waals surface area contributed by atoms with E-state index in [4.69, 9.17) is 4.74 Å². The van der Waals surface area contributed by atoms with Gasteiger partial charge in [-0.1, -0.05) is 6.07 Å². The summed E-state index contributed by atoms with van der Waals surface area (Å²) in [5.41, 5.74) is 0.697. The van der Waals surface area contributed by atoms with Crippen molar-refractivity contribution in [2.45, 2.75) is 19.4 Å². The van der Waals surface area contributed by atoms with E-state index in [-0.39, 0.29) is 5.91 Å². The van der Waals surface area contributed by atoms with Crippen LogP contribution >= 0.6 is 0 Å². The van der Waals surface area contributed by atoms with Crippen molar-refractivity contribution in [2.24, 2.45) is 0 Å². The van der Waals surface area contributed by atoms with Crippen molar-refractivity contribution in [1.82, 2.24) is 10.2 Å². The number of amides is 1. The fourth-order valence-electron chi connectivity index (χ4n) is 2.39. The van der Waals surface area contributed by atoms with E-state index in [1.54, 1.807) is 13.2 Å². The summed E-state index contributed by atoms with van der Waals surface area (Å²) in [6, 6.07) is 7.66. The number of benzene rings is 1. The number of nitrogens with one attached hydrogen (secondary N) is 1. The van der Waals surface area contributed by atoms with Crippen molar-refractivity contribution in [2.75, 3.05) is 26.7 Å². The van der Waals surface area contributed by atoms with Gasteiger partial charge in [0.25, 0.3) is 5.91 Å². The standard InChI is InChI=1S/C14H20N2O2/c1-3-16(12-7-8-15-10-12)14(17)11-5-4-6-13(9-11)18-2/h4-6,9,12,15H,3,7-8,10H2,1-2H3. The largest absolute Gasteiger partial charge is 0.497 e. The average molecular weight is 248 g/mol. The van der Waals surface area contributed by atoms with E-state index in [9.17, 15) is 4.79 Å². The molecule has 0 radical (unpaired) electrons. The molecule has 1 aliphatic heterocycles. The maximum absolute atomic E-state index is 12.5. The molecule has 1 saturated heterocycles. The number of carbonyl (C=O) groups excluding carboxylic acids is 1. The SMILES string of the molecule is CCN(C(=O)c1cccc(OC)c1)C1CCNC1. The minimum absolute atomic E-state index is 0.0881. The average Bonchev–Trinajstić information content (AvgIpc) is 2.93. The Balaban J connectivity index is 2.16. The third kappa shape index (κ3) is 2.64. The van der Waals surface area contributed by atoms with Crippen LogP contribution in [0.4, 0.5) is 0 Å². The summed E-state index contributed by atoms with van der Waals surface area (Å²) in [5, 5.41) is 3.30. The Morgan fingerprint density at radius 3 is 3.00 bits per heavy atom. The van der Waals surface area contributed by atoms with Crippen LogP contribution in [-0.4, -0.2) is 43.6 Å². The normalized spacial score (nSPS) is 18.7. The summed E-state index contributed by atoms with van der Waals surface area (Å²) in [6.07, 6.45) is 1.03. The zero-order chi connectivity index (χ0) is 13.0. The Morgan fingerprint density at radius 2 is 2.39 bits per heavy atom. The van der Waals surface area contributed by atoms with Gasteiger partial charge in [-0.2, -0.15) is 0 Å². The van der Waals surface area contributed by atoms with Crippen molar-refractivity contribution in [1.29, 1.82) is 0 Å². The van der Waals surface area contributed by atoms with E-state index in [1.165, 1.54) is 0 Å².